The number of ether oxygens (including phenoxy) is 1. The maximum absolute atomic E-state index is 13.5. The number of carbonyl (C=O) groups excluding carboxylic acids is 2. The predicted molar refractivity (Wildman–Crippen MR) is 123 cm³/mol. The van der Waals surface area contributed by atoms with E-state index in [4.69, 9.17) is 16.3 Å². The van der Waals surface area contributed by atoms with Crippen LogP contribution in [-0.4, -0.2) is 18.4 Å². The lowest BCUT2D eigenvalue weighted by Crippen LogP contribution is -2.32. The summed E-state index contributed by atoms with van der Waals surface area (Å²) in [5.74, 6) is -0.803. The van der Waals surface area contributed by atoms with Crippen molar-refractivity contribution in [2.24, 2.45) is 0 Å². The van der Waals surface area contributed by atoms with Gasteiger partial charge in [0.1, 0.15) is 17.3 Å². The number of nitrogens with one attached hydrogen (secondary N) is 1. The Labute approximate surface area is 190 Å². The topological polar surface area (TPSA) is 58.6 Å². The molecule has 1 heterocycles. The van der Waals surface area contributed by atoms with Gasteiger partial charge < -0.3 is 10.1 Å². The maximum atomic E-state index is 13.5. The number of carbonyl (C=O) groups is 2. The quantitative estimate of drug-likeness (QED) is 0.498. The first-order valence-electron chi connectivity index (χ1n) is 10.0. The molecule has 3 aromatic rings. The zero-order chi connectivity index (χ0) is 22.8. The van der Waals surface area contributed by atoms with Crippen LogP contribution in [0.4, 0.5) is 15.8 Å². The number of hydrogen-bond acceptors (Lipinski definition) is 4. The first-order valence-corrected chi connectivity index (χ1v) is 10.4. The van der Waals surface area contributed by atoms with E-state index in [0.29, 0.717) is 34.3 Å². The second-order valence-electron chi connectivity index (χ2n) is 7.21. The molecule has 4 rings (SSSR count). The highest BCUT2D eigenvalue weighted by Gasteiger charge is 2.40. The third-order valence-electron chi connectivity index (χ3n) is 5.07. The number of halogens is 2. The van der Waals surface area contributed by atoms with Crippen LogP contribution in [0.15, 0.2) is 72.4 Å². The van der Waals surface area contributed by atoms with Gasteiger partial charge in [0.05, 0.1) is 17.9 Å². The predicted octanol–water partition coefficient (Wildman–Crippen LogP) is 5.58. The van der Waals surface area contributed by atoms with Gasteiger partial charge in [-0.15, -0.1) is 0 Å². The molecule has 0 atom stereocenters. The summed E-state index contributed by atoms with van der Waals surface area (Å²) in [6, 6.07) is 17.4. The fraction of sp³-hybridized carbons (Fsp3) is 0.120. The van der Waals surface area contributed by atoms with Crippen LogP contribution in [0.1, 0.15) is 18.1 Å². The highest BCUT2D eigenvalue weighted by molar-refractivity contribution is 6.46. The van der Waals surface area contributed by atoms with Crippen molar-refractivity contribution in [3.8, 4) is 5.75 Å². The molecule has 0 saturated heterocycles. The number of nitrogens with zero attached hydrogens (tertiary/aromatic N) is 1. The molecular formula is C25H20ClFN2O3. The SMILES string of the molecule is CCOc1ccc(N2C(=O)C(Nc3ccc(Cl)cc3C)=C(c3ccc(F)cc3)C2=O)cc1. The summed E-state index contributed by atoms with van der Waals surface area (Å²) in [5, 5.41) is 3.66. The van der Waals surface area contributed by atoms with E-state index in [2.05, 4.69) is 5.32 Å². The Hall–Kier alpha value is -3.64. The number of hydrogen-bond donors (Lipinski definition) is 1. The smallest absolute Gasteiger partial charge is 0.282 e. The van der Waals surface area contributed by atoms with Gasteiger partial charge in [0.25, 0.3) is 11.8 Å². The largest absolute Gasteiger partial charge is 0.494 e. The third kappa shape index (κ3) is 4.09. The van der Waals surface area contributed by atoms with Gasteiger partial charge >= 0.3 is 0 Å². The summed E-state index contributed by atoms with van der Waals surface area (Å²) in [6.07, 6.45) is 0. The van der Waals surface area contributed by atoms with Gasteiger partial charge in [-0.1, -0.05) is 23.7 Å². The van der Waals surface area contributed by atoms with Crippen molar-refractivity contribution in [2.45, 2.75) is 13.8 Å². The Morgan fingerprint density at radius 1 is 0.969 bits per heavy atom. The Bertz CT molecular complexity index is 1220. The normalized spacial score (nSPS) is 13.7. The Balaban J connectivity index is 1.78. The number of anilines is 2. The monoisotopic (exact) mass is 450 g/mol. The molecule has 1 aliphatic heterocycles. The van der Waals surface area contributed by atoms with Gasteiger partial charge in [0, 0.05) is 10.7 Å². The maximum Gasteiger partial charge on any atom is 0.282 e. The van der Waals surface area contributed by atoms with Crippen LogP contribution in [-0.2, 0) is 9.59 Å². The van der Waals surface area contributed by atoms with Crippen molar-refractivity contribution >= 4 is 40.4 Å². The van der Waals surface area contributed by atoms with E-state index in [1.165, 1.54) is 24.3 Å². The van der Waals surface area contributed by atoms with E-state index in [1.807, 2.05) is 13.8 Å². The summed E-state index contributed by atoms with van der Waals surface area (Å²) in [6.45, 7) is 4.22. The van der Waals surface area contributed by atoms with Crippen molar-refractivity contribution < 1.29 is 18.7 Å². The molecule has 2 amide bonds. The van der Waals surface area contributed by atoms with E-state index in [9.17, 15) is 14.0 Å². The Morgan fingerprint density at radius 2 is 1.66 bits per heavy atom. The second kappa shape index (κ2) is 8.85. The van der Waals surface area contributed by atoms with Crippen LogP contribution in [0.3, 0.4) is 0 Å². The molecule has 162 valence electrons. The minimum Gasteiger partial charge on any atom is -0.494 e. The lowest BCUT2D eigenvalue weighted by atomic mass is 10.0. The summed E-state index contributed by atoms with van der Waals surface area (Å²) >= 11 is 6.05. The lowest BCUT2D eigenvalue weighted by molar-refractivity contribution is -0.120. The Morgan fingerprint density at radius 3 is 2.28 bits per heavy atom. The summed E-state index contributed by atoms with van der Waals surface area (Å²) in [5.41, 5.74) is 2.57. The van der Waals surface area contributed by atoms with Gasteiger partial charge in [0.15, 0.2) is 0 Å². The van der Waals surface area contributed by atoms with Crippen molar-refractivity contribution in [1.29, 1.82) is 0 Å². The van der Waals surface area contributed by atoms with Gasteiger partial charge in [-0.3, -0.25) is 9.59 Å². The fourth-order valence-corrected chi connectivity index (χ4v) is 3.75. The van der Waals surface area contributed by atoms with E-state index in [0.717, 1.165) is 10.5 Å². The van der Waals surface area contributed by atoms with E-state index >= 15 is 0 Å². The summed E-state index contributed by atoms with van der Waals surface area (Å²) < 4.78 is 19.0. The van der Waals surface area contributed by atoms with Crippen LogP contribution in [0, 0.1) is 12.7 Å². The van der Waals surface area contributed by atoms with Crippen LogP contribution in [0.2, 0.25) is 5.02 Å². The van der Waals surface area contributed by atoms with Crippen LogP contribution >= 0.6 is 11.6 Å². The van der Waals surface area contributed by atoms with E-state index in [1.54, 1.807) is 42.5 Å². The fourth-order valence-electron chi connectivity index (χ4n) is 3.52. The number of amides is 2. The van der Waals surface area contributed by atoms with Crippen LogP contribution in [0.5, 0.6) is 5.75 Å². The summed E-state index contributed by atoms with van der Waals surface area (Å²) in [7, 11) is 0. The Kier molecular flexibility index (Phi) is 5.97. The highest BCUT2D eigenvalue weighted by atomic mass is 35.5. The standard InChI is InChI=1S/C25H20ClFN2O3/c1-3-32-20-11-9-19(10-12-20)29-24(30)22(16-4-7-18(27)8-5-16)23(25(29)31)28-21-13-6-17(26)14-15(21)2/h4-14,28H,3H2,1-2H3. The first kappa shape index (κ1) is 21.6. The van der Waals surface area contributed by atoms with Crippen LogP contribution < -0.4 is 15.0 Å². The molecule has 0 unspecified atom stereocenters. The number of aryl methyl sites for hydroxylation is 1. The molecule has 0 bridgehead atoms. The van der Waals surface area contributed by atoms with Gasteiger partial charge in [-0.25, -0.2) is 9.29 Å². The molecule has 0 radical (unpaired) electrons. The van der Waals surface area contributed by atoms with Gasteiger partial charge in [-0.2, -0.15) is 0 Å². The molecule has 0 aromatic heterocycles. The number of imide groups is 1. The lowest BCUT2D eigenvalue weighted by Gasteiger charge is -2.16. The molecule has 0 aliphatic carbocycles. The second-order valence-corrected chi connectivity index (χ2v) is 7.65. The molecule has 3 aromatic carbocycles. The third-order valence-corrected chi connectivity index (χ3v) is 5.31. The molecule has 7 heteroatoms. The minimum absolute atomic E-state index is 0.112. The molecule has 32 heavy (non-hydrogen) atoms. The zero-order valence-electron chi connectivity index (χ0n) is 17.5. The molecule has 0 fully saturated rings. The number of rotatable bonds is 6. The van der Waals surface area contributed by atoms with E-state index in [-0.39, 0.29) is 11.3 Å². The number of benzene rings is 3. The molecule has 1 N–H and O–H groups in total. The van der Waals surface area contributed by atoms with Crippen molar-refractivity contribution in [1.82, 2.24) is 0 Å². The van der Waals surface area contributed by atoms with E-state index < -0.39 is 17.6 Å². The highest BCUT2D eigenvalue weighted by Crippen LogP contribution is 2.35. The average Bonchev–Trinajstić information content (AvgIpc) is 3.01. The molecular weight excluding hydrogens is 431 g/mol. The summed E-state index contributed by atoms with van der Waals surface area (Å²) in [4.78, 5) is 27.9. The molecule has 5 nitrogen and oxygen atoms in total. The minimum atomic E-state index is -0.507. The molecule has 0 saturated carbocycles. The van der Waals surface area contributed by atoms with Crippen molar-refractivity contribution in [3.05, 3.63) is 94.4 Å². The zero-order valence-corrected chi connectivity index (χ0v) is 18.2. The van der Waals surface area contributed by atoms with Crippen LogP contribution in [0.25, 0.3) is 5.57 Å². The van der Waals surface area contributed by atoms with Crippen molar-refractivity contribution in [3.63, 3.8) is 0 Å². The van der Waals surface area contributed by atoms with Gasteiger partial charge in [-0.05, 0) is 79.6 Å². The molecule has 1 aliphatic rings. The van der Waals surface area contributed by atoms with Gasteiger partial charge in [0.2, 0.25) is 0 Å². The first-order chi connectivity index (χ1) is 15.4. The van der Waals surface area contributed by atoms with Crippen molar-refractivity contribution in [2.75, 3.05) is 16.8 Å². The molecule has 0 spiro atoms. The average molecular weight is 451 g/mol.